The number of carbonyl (C=O) groups excluding carboxylic acids is 1. The van der Waals surface area contributed by atoms with Gasteiger partial charge in [-0.25, -0.2) is 0 Å². The molecule has 0 aliphatic heterocycles. The van der Waals surface area contributed by atoms with Crippen LogP contribution in [0.1, 0.15) is 38.7 Å². The van der Waals surface area contributed by atoms with Gasteiger partial charge in [0, 0.05) is 12.7 Å². The lowest BCUT2D eigenvalue weighted by Gasteiger charge is -2.15. The number of anilines is 1. The molecule has 5 nitrogen and oxygen atoms in total. The highest BCUT2D eigenvalue weighted by Crippen LogP contribution is 2.29. The number of ether oxygens (including phenoxy) is 2. The third-order valence-corrected chi connectivity index (χ3v) is 3.27. The van der Waals surface area contributed by atoms with E-state index in [1.54, 1.807) is 18.2 Å². The molecule has 0 bridgehead atoms. The van der Waals surface area contributed by atoms with Crippen LogP contribution in [0.4, 0.5) is 5.69 Å². The number of nitrogens with one attached hydrogen (secondary N) is 1. The highest BCUT2D eigenvalue weighted by Gasteiger charge is 2.21. The molecule has 1 aromatic carbocycles. The summed E-state index contributed by atoms with van der Waals surface area (Å²) in [4.78, 5) is 12.0. The fourth-order valence-electron chi connectivity index (χ4n) is 1.96. The molecular formula is C17H22N2O3. The molecule has 1 aliphatic rings. The molecular weight excluding hydrogens is 280 g/mol. The van der Waals surface area contributed by atoms with Crippen LogP contribution >= 0.6 is 0 Å². The molecule has 2 rings (SSSR count). The molecule has 1 aliphatic carbocycles. The maximum Gasteiger partial charge on any atom is 0.226 e. The second kappa shape index (κ2) is 7.81. The lowest BCUT2D eigenvalue weighted by molar-refractivity contribution is -0.117. The Hall–Kier alpha value is -2.06. The van der Waals surface area contributed by atoms with Gasteiger partial charge in [0.2, 0.25) is 5.91 Å². The van der Waals surface area contributed by atoms with E-state index >= 15 is 0 Å². The standard InChI is InChI=1S/C17H22N2O3/c1-12(2)22-16-9-14(10-18)5-6-15(16)19-17(20)7-8-21-11-13-3-4-13/h5-6,9,12-13H,3-4,7-8,11H2,1-2H3,(H,19,20). The van der Waals surface area contributed by atoms with Gasteiger partial charge in [-0.05, 0) is 44.7 Å². The van der Waals surface area contributed by atoms with Crippen LogP contribution in [0.15, 0.2) is 18.2 Å². The van der Waals surface area contributed by atoms with Gasteiger partial charge in [0.1, 0.15) is 5.75 Å². The van der Waals surface area contributed by atoms with E-state index in [1.807, 2.05) is 13.8 Å². The minimum Gasteiger partial charge on any atom is -0.489 e. The van der Waals surface area contributed by atoms with E-state index < -0.39 is 0 Å². The van der Waals surface area contributed by atoms with E-state index in [-0.39, 0.29) is 12.0 Å². The van der Waals surface area contributed by atoms with Crippen LogP contribution in [-0.4, -0.2) is 25.2 Å². The number of hydrogen-bond acceptors (Lipinski definition) is 4. The van der Waals surface area contributed by atoms with E-state index in [9.17, 15) is 4.79 Å². The van der Waals surface area contributed by atoms with Gasteiger partial charge in [-0.3, -0.25) is 4.79 Å². The van der Waals surface area contributed by atoms with Crippen LogP contribution in [0, 0.1) is 17.2 Å². The van der Waals surface area contributed by atoms with Gasteiger partial charge in [0.15, 0.2) is 0 Å². The van der Waals surface area contributed by atoms with Crippen molar-refractivity contribution in [2.45, 2.75) is 39.2 Å². The number of benzene rings is 1. The molecule has 1 saturated carbocycles. The summed E-state index contributed by atoms with van der Waals surface area (Å²) in [5, 5.41) is 11.8. The number of nitriles is 1. The molecule has 5 heteroatoms. The molecule has 118 valence electrons. The molecule has 1 aromatic rings. The summed E-state index contributed by atoms with van der Waals surface area (Å²) in [6.07, 6.45) is 2.76. The van der Waals surface area contributed by atoms with Crippen molar-refractivity contribution in [2.24, 2.45) is 5.92 Å². The molecule has 0 atom stereocenters. The van der Waals surface area contributed by atoms with Crippen LogP contribution in [-0.2, 0) is 9.53 Å². The molecule has 0 spiro atoms. The SMILES string of the molecule is CC(C)Oc1cc(C#N)ccc1NC(=O)CCOCC1CC1. The largest absolute Gasteiger partial charge is 0.489 e. The van der Waals surface area contributed by atoms with Crippen LogP contribution in [0.25, 0.3) is 0 Å². The van der Waals surface area contributed by atoms with Crippen molar-refractivity contribution >= 4 is 11.6 Å². The van der Waals surface area contributed by atoms with Gasteiger partial charge in [-0.2, -0.15) is 5.26 Å². The van der Waals surface area contributed by atoms with E-state index in [1.165, 1.54) is 12.8 Å². The Kier molecular flexibility index (Phi) is 5.79. The Bertz CT molecular complexity index is 560. The van der Waals surface area contributed by atoms with E-state index in [0.29, 0.717) is 35.9 Å². The monoisotopic (exact) mass is 302 g/mol. The number of amides is 1. The lowest BCUT2D eigenvalue weighted by Crippen LogP contribution is -2.16. The van der Waals surface area contributed by atoms with Crippen LogP contribution in [0.3, 0.4) is 0 Å². The summed E-state index contributed by atoms with van der Waals surface area (Å²) in [6.45, 7) is 4.98. The van der Waals surface area contributed by atoms with E-state index in [0.717, 1.165) is 6.61 Å². The smallest absolute Gasteiger partial charge is 0.226 e. The van der Waals surface area contributed by atoms with Gasteiger partial charge >= 0.3 is 0 Å². The maximum atomic E-state index is 12.0. The van der Waals surface area contributed by atoms with E-state index in [4.69, 9.17) is 14.7 Å². The minimum atomic E-state index is -0.117. The average molecular weight is 302 g/mol. The first-order valence-electron chi connectivity index (χ1n) is 7.67. The van der Waals surface area contributed by atoms with E-state index in [2.05, 4.69) is 11.4 Å². The van der Waals surface area contributed by atoms with Crippen molar-refractivity contribution < 1.29 is 14.3 Å². The molecule has 0 unspecified atom stereocenters. The zero-order chi connectivity index (χ0) is 15.9. The fourth-order valence-corrected chi connectivity index (χ4v) is 1.96. The topological polar surface area (TPSA) is 71.3 Å². The van der Waals surface area contributed by atoms with Crippen LogP contribution < -0.4 is 10.1 Å². The predicted molar refractivity (Wildman–Crippen MR) is 83.7 cm³/mol. The fraction of sp³-hybridized carbons (Fsp3) is 0.529. The summed E-state index contributed by atoms with van der Waals surface area (Å²) in [5.41, 5.74) is 1.08. The van der Waals surface area contributed by atoms with Crippen LogP contribution in [0.5, 0.6) is 5.75 Å². The first kappa shape index (κ1) is 16.3. The summed E-state index contributed by atoms with van der Waals surface area (Å²) in [7, 11) is 0. The molecule has 0 saturated heterocycles. The van der Waals surface area contributed by atoms with Gasteiger partial charge in [0.25, 0.3) is 0 Å². The number of rotatable bonds is 8. The van der Waals surface area contributed by atoms with Crippen LogP contribution in [0.2, 0.25) is 0 Å². The quantitative estimate of drug-likeness (QED) is 0.749. The lowest BCUT2D eigenvalue weighted by atomic mass is 10.2. The van der Waals surface area contributed by atoms with Crippen molar-refractivity contribution in [3.8, 4) is 11.8 Å². The highest BCUT2D eigenvalue weighted by molar-refractivity contribution is 5.92. The second-order valence-electron chi connectivity index (χ2n) is 5.81. The van der Waals surface area contributed by atoms with Crippen molar-refractivity contribution in [1.29, 1.82) is 5.26 Å². The zero-order valence-corrected chi connectivity index (χ0v) is 13.1. The average Bonchev–Trinajstić information content (AvgIpc) is 3.29. The van der Waals surface area contributed by atoms with Gasteiger partial charge in [0.05, 0.1) is 36.5 Å². The second-order valence-corrected chi connectivity index (χ2v) is 5.81. The number of carbonyl (C=O) groups is 1. The van der Waals surface area contributed by atoms with Crippen molar-refractivity contribution in [3.63, 3.8) is 0 Å². The van der Waals surface area contributed by atoms with Crippen molar-refractivity contribution in [3.05, 3.63) is 23.8 Å². The van der Waals surface area contributed by atoms with Gasteiger partial charge in [-0.1, -0.05) is 0 Å². The molecule has 0 heterocycles. The summed E-state index contributed by atoms with van der Waals surface area (Å²) in [6, 6.07) is 7.06. The maximum absolute atomic E-state index is 12.0. The Morgan fingerprint density at radius 1 is 1.45 bits per heavy atom. The molecule has 22 heavy (non-hydrogen) atoms. The molecule has 1 amide bonds. The zero-order valence-electron chi connectivity index (χ0n) is 13.1. The van der Waals surface area contributed by atoms with Gasteiger partial charge in [-0.15, -0.1) is 0 Å². The summed E-state index contributed by atoms with van der Waals surface area (Å²) in [5.74, 6) is 1.10. The Labute approximate surface area is 131 Å². The summed E-state index contributed by atoms with van der Waals surface area (Å²) < 4.78 is 11.1. The third kappa shape index (κ3) is 5.38. The first-order chi connectivity index (χ1) is 10.6. The molecule has 1 fully saturated rings. The molecule has 0 aromatic heterocycles. The highest BCUT2D eigenvalue weighted by atomic mass is 16.5. The molecule has 1 N–H and O–H groups in total. The van der Waals surface area contributed by atoms with Gasteiger partial charge < -0.3 is 14.8 Å². The number of nitrogens with zero attached hydrogens (tertiary/aromatic N) is 1. The summed E-state index contributed by atoms with van der Waals surface area (Å²) >= 11 is 0. The van der Waals surface area contributed by atoms with Crippen molar-refractivity contribution in [1.82, 2.24) is 0 Å². The predicted octanol–water partition coefficient (Wildman–Crippen LogP) is 3.10. The van der Waals surface area contributed by atoms with Crippen molar-refractivity contribution in [2.75, 3.05) is 18.5 Å². The minimum absolute atomic E-state index is 0.0357. The Balaban J connectivity index is 1.88. The third-order valence-electron chi connectivity index (χ3n) is 3.27. The Morgan fingerprint density at radius 2 is 2.23 bits per heavy atom. The number of hydrogen-bond donors (Lipinski definition) is 1. The molecule has 0 radical (unpaired) electrons. The normalized spacial score (nSPS) is 13.7. The first-order valence-corrected chi connectivity index (χ1v) is 7.67. The Morgan fingerprint density at radius 3 is 2.86 bits per heavy atom.